The molecule has 0 N–H and O–H groups in total. The molecule has 3 rings (SSSR count). The minimum absolute atomic E-state index is 0.305. The van der Waals surface area contributed by atoms with Gasteiger partial charge in [-0.1, -0.05) is 0 Å². The molecule has 2 aromatic rings. The molecule has 0 radical (unpaired) electrons. The third-order valence-corrected chi connectivity index (χ3v) is 4.82. The van der Waals surface area contributed by atoms with Gasteiger partial charge in [0.2, 0.25) is 0 Å². The minimum Gasteiger partial charge on any atom is -0.461 e. The van der Waals surface area contributed by atoms with Gasteiger partial charge in [-0.2, -0.15) is 0 Å². The Morgan fingerprint density at radius 3 is 2.82 bits per heavy atom. The van der Waals surface area contributed by atoms with E-state index in [1.165, 1.54) is 6.26 Å². The number of nitrogens with zero attached hydrogens (tertiary/aromatic N) is 2. The van der Waals surface area contributed by atoms with Crippen LogP contribution in [0.15, 0.2) is 29.4 Å². The molecule has 1 aromatic heterocycles. The molecular weight excluding hydrogens is 304 g/mol. The normalized spacial score (nSPS) is 13.4. The predicted octanol–water partition coefficient (Wildman–Crippen LogP) is 1.55. The molecule has 0 saturated heterocycles. The molecule has 0 aliphatic carbocycles. The van der Waals surface area contributed by atoms with Crippen LogP contribution in [0.1, 0.15) is 28.7 Å². The average Bonchev–Trinajstić information content (AvgIpc) is 2.90. The van der Waals surface area contributed by atoms with Gasteiger partial charge in [0.15, 0.2) is 15.5 Å². The van der Waals surface area contributed by atoms with Crippen LogP contribution >= 0.6 is 0 Å². The number of aromatic nitrogens is 2. The standard InChI is InChI=1S/C15H16N2O4S/c1-3-21-15(18)14-13-6-4-10-8-11(22(2,19)20)5-7-12(10)17(13)9-16-14/h5,7-9H,3-4,6H2,1-2H3. The molecule has 22 heavy (non-hydrogen) atoms. The summed E-state index contributed by atoms with van der Waals surface area (Å²) in [6, 6.07) is 5.02. The molecule has 6 nitrogen and oxygen atoms in total. The fraction of sp³-hybridized carbons (Fsp3) is 0.333. The van der Waals surface area contributed by atoms with Gasteiger partial charge in [0.25, 0.3) is 0 Å². The van der Waals surface area contributed by atoms with Crippen molar-refractivity contribution in [1.82, 2.24) is 9.55 Å². The maximum atomic E-state index is 11.9. The maximum Gasteiger partial charge on any atom is 0.358 e. The van der Waals surface area contributed by atoms with Crippen LogP contribution in [0.5, 0.6) is 0 Å². The van der Waals surface area contributed by atoms with E-state index in [0.717, 1.165) is 16.9 Å². The number of hydrogen-bond donors (Lipinski definition) is 0. The average molecular weight is 320 g/mol. The molecule has 1 aromatic carbocycles. The summed E-state index contributed by atoms with van der Waals surface area (Å²) < 4.78 is 30.1. The highest BCUT2D eigenvalue weighted by Crippen LogP contribution is 2.28. The second kappa shape index (κ2) is 5.24. The number of aryl methyl sites for hydroxylation is 1. The number of fused-ring (bicyclic) bond motifs is 3. The number of sulfone groups is 1. The van der Waals surface area contributed by atoms with Gasteiger partial charge in [0, 0.05) is 6.26 Å². The van der Waals surface area contributed by atoms with Gasteiger partial charge in [0.1, 0.15) is 6.33 Å². The SMILES string of the molecule is CCOC(=O)c1ncn2c1CCc1cc(S(C)(=O)=O)ccc1-2. The Kier molecular flexibility index (Phi) is 3.52. The first kappa shape index (κ1) is 14.8. The first-order valence-corrected chi connectivity index (χ1v) is 8.87. The smallest absolute Gasteiger partial charge is 0.358 e. The topological polar surface area (TPSA) is 78.3 Å². The summed E-state index contributed by atoms with van der Waals surface area (Å²) in [4.78, 5) is 16.4. The molecule has 7 heteroatoms. The molecule has 0 atom stereocenters. The van der Waals surface area contributed by atoms with Crippen LogP contribution in [0.4, 0.5) is 0 Å². The van der Waals surface area contributed by atoms with Crippen molar-refractivity contribution >= 4 is 15.8 Å². The summed E-state index contributed by atoms with van der Waals surface area (Å²) in [5, 5.41) is 0. The first-order valence-electron chi connectivity index (χ1n) is 6.98. The minimum atomic E-state index is -3.23. The molecule has 0 unspecified atom stereocenters. The summed E-state index contributed by atoms with van der Waals surface area (Å²) in [5.74, 6) is -0.424. The third-order valence-electron chi connectivity index (χ3n) is 3.71. The fourth-order valence-corrected chi connectivity index (χ4v) is 3.34. The quantitative estimate of drug-likeness (QED) is 0.802. The monoisotopic (exact) mass is 320 g/mol. The second-order valence-corrected chi connectivity index (χ2v) is 7.21. The highest BCUT2D eigenvalue weighted by molar-refractivity contribution is 7.90. The van der Waals surface area contributed by atoms with Crippen molar-refractivity contribution in [3.8, 4) is 5.69 Å². The molecule has 0 fully saturated rings. The summed E-state index contributed by atoms with van der Waals surface area (Å²) in [5.41, 5.74) is 2.93. The summed E-state index contributed by atoms with van der Waals surface area (Å²) in [7, 11) is -3.23. The highest BCUT2D eigenvalue weighted by atomic mass is 32.2. The number of carbonyl (C=O) groups is 1. The van der Waals surface area contributed by atoms with Crippen molar-refractivity contribution in [2.24, 2.45) is 0 Å². The van der Waals surface area contributed by atoms with Gasteiger partial charge in [-0.25, -0.2) is 18.2 Å². The summed E-state index contributed by atoms with van der Waals surface area (Å²) in [6.45, 7) is 2.06. The molecule has 1 aliphatic heterocycles. The van der Waals surface area contributed by atoms with Crippen LogP contribution in [0.25, 0.3) is 5.69 Å². The maximum absolute atomic E-state index is 11.9. The summed E-state index contributed by atoms with van der Waals surface area (Å²) >= 11 is 0. The van der Waals surface area contributed by atoms with Crippen LogP contribution in [0.3, 0.4) is 0 Å². The Balaban J connectivity index is 2.07. The zero-order chi connectivity index (χ0) is 15.9. The number of benzene rings is 1. The van der Waals surface area contributed by atoms with Crippen LogP contribution in [-0.4, -0.2) is 36.8 Å². The lowest BCUT2D eigenvalue weighted by molar-refractivity contribution is 0.0518. The van der Waals surface area contributed by atoms with Gasteiger partial charge in [0.05, 0.1) is 22.9 Å². The lowest BCUT2D eigenvalue weighted by Crippen LogP contribution is -2.16. The highest BCUT2D eigenvalue weighted by Gasteiger charge is 2.25. The Labute approximate surface area is 128 Å². The van der Waals surface area contributed by atoms with E-state index in [4.69, 9.17) is 4.74 Å². The number of esters is 1. The third kappa shape index (κ3) is 2.41. The van der Waals surface area contributed by atoms with Crippen molar-refractivity contribution in [2.45, 2.75) is 24.7 Å². The van der Waals surface area contributed by atoms with E-state index in [-0.39, 0.29) is 0 Å². The molecule has 0 bridgehead atoms. The molecular formula is C15H16N2O4S. The first-order chi connectivity index (χ1) is 10.4. The van der Waals surface area contributed by atoms with Crippen LogP contribution in [-0.2, 0) is 27.4 Å². The van der Waals surface area contributed by atoms with E-state index >= 15 is 0 Å². The van der Waals surface area contributed by atoms with Crippen LogP contribution in [0.2, 0.25) is 0 Å². The molecule has 0 amide bonds. The summed E-state index contributed by atoms with van der Waals surface area (Å²) in [6.07, 6.45) is 4.06. The number of hydrogen-bond acceptors (Lipinski definition) is 5. The van der Waals surface area contributed by atoms with Crippen molar-refractivity contribution in [2.75, 3.05) is 12.9 Å². The van der Waals surface area contributed by atoms with Gasteiger partial charge in [-0.05, 0) is 43.5 Å². The van der Waals surface area contributed by atoms with Gasteiger partial charge in [-0.15, -0.1) is 0 Å². The van der Waals surface area contributed by atoms with Crippen molar-refractivity contribution in [3.05, 3.63) is 41.5 Å². The largest absolute Gasteiger partial charge is 0.461 e. The van der Waals surface area contributed by atoms with Gasteiger partial charge in [-0.3, -0.25) is 0 Å². The Bertz CT molecular complexity index is 852. The van der Waals surface area contributed by atoms with E-state index in [1.807, 2.05) is 4.57 Å². The van der Waals surface area contributed by atoms with E-state index in [2.05, 4.69) is 4.98 Å². The zero-order valence-corrected chi connectivity index (χ0v) is 13.2. The zero-order valence-electron chi connectivity index (χ0n) is 12.4. The van der Waals surface area contributed by atoms with Crippen molar-refractivity contribution in [3.63, 3.8) is 0 Å². The Morgan fingerprint density at radius 2 is 2.14 bits per heavy atom. The van der Waals surface area contributed by atoms with Gasteiger partial charge >= 0.3 is 5.97 Å². The lowest BCUT2D eigenvalue weighted by Gasteiger charge is -2.20. The molecule has 2 heterocycles. The number of carbonyl (C=O) groups excluding carboxylic acids is 1. The fourth-order valence-electron chi connectivity index (χ4n) is 2.67. The van der Waals surface area contributed by atoms with Gasteiger partial charge < -0.3 is 9.30 Å². The molecule has 0 saturated carbocycles. The van der Waals surface area contributed by atoms with E-state index < -0.39 is 15.8 Å². The molecule has 1 aliphatic rings. The van der Waals surface area contributed by atoms with Crippen molar-refractivity contribution < 1.29 is 17.9 Å². The Hall–Kier alpha value is -2.15. The number of imidazole rings is 1. The Morgan fingerprint density at radius 1 is 1.36 bits per heavy atom. The van der Waals surface area contributed by atoms with E-state index in [0.29, 0.717) is 30.0 Å². The van der Waals surface area contributed by atoms with Crippen LogP contribution < -0.4 is 0 Å². The van der Waals surface area contributed by atoms with Crippen molar-refractivity contribution in [1.29, 1.82) is 0 Å². The van der Waals surface area contributed by atoms with E-state index in [9.17, 15) is 13.2 Å². The number of ether oxygens (including phenoxy) is 1. The second-order valence-electron chi connectivity index (χ2n) is 5.19. The van der Waals surface area contributed by atoms with Crippen LogP contribution in [0, 0.1) is 0 Å². The van der Waals surface area contributed by atoms with E-state index in [1.54, 1.807) is 31.5 Å². The number of rotatable bonds is 3. The lowest BCUT2D eigenvalue weighted by atomic mass is 10.0. The predicted molar refractivity (Wildman–Crippen MR) is 80.0 cm³/mol. The molecule has 116 valence electrons. The molecule has 0 spiro atoms.